The fourth-order valence-corrected chi connectivity index (χ4v) is 4.16. The molecule has 0 aliphatic heterocycles. The molecule has 0 heterocycles. The molecule has 0 N–H and O–H groups in total. The van der Waals surface area contributed by atoms with Crippen LogP contribution in [0.15, 0.2) is 57.9 Å². The van der Waals surface area contributed by atoms with Crippen LogP contribution in [0.25, 0.3) is 0 Å². The predicted molar refractivity (Wildman–Crippen MR) is 92.1 cm³/mol. The SMILES string of the molecule is COC(=O)CN(c1ccc(Br)cc1Cl)S(=O)(=O)c1ccccc1. The molecule has 2 aromatic rings. The van der Waals surface area contributed by atoms with Crippen LogP contribution in [0.3, 0.4) is 0 Å². The number of carbonyl (C=O) groups is 1. The Morgan fingerprint density at radius 2 is 1.87 bits per heavy atom. The van der Waals surface area contributed by atoms with E-state index in [1.807, 2.05) is 0 Å². The van der Waals surface area contributed by atoms with Crippen molar-refractivity contribution in [2.45, 2.75) is 4.90 Å². The number of rotatable bonds is 5. The van der Waals surface area contributed by atoms with E-state index in [2.05, 4.69) is 20.7 Å². The molecule has 2 aromatic carbocycles. The van der Waals surface area contributed by atoms with Gasteiger partial charge in [-0.2, -0.15) is 0 Å². The van der Waals surface area contributed by atoms with Crippen molar-refractivity contribution in [1.82, 2.24) is 0 Å². The summed E-state index contributed by atoms with van der Waals surface area (Å²) in [7, 11) is -2.77. The quantitative estimate of drug-likeness (QED) is 0.698. The van der Waals surface area contributed by atoms with Crippen LogP contribution in [-0.2, 0) is 19.6 Å². The molecule has 0 aliphatic carbocycles. The minimum atomic E-state index is -3.96. The van der Waals surface area contributed by atoms with Crippen LogP contribution in [0.2, 0.25) is 5.02 Å². The molecule has 0 radical (unpaired) electrons. The van der Waals surface area contributed by atoms with Gasteiger partial charge in [0, 0.05) is 4.47 Å². The van der Waals surface area contributed by atoms with Gasteiger partial charge in [-0.15, -0.1) is 0 Å². The molecule has 0 saturated carbocycles. The second-order valence-electron chi connectivity index (χ2n) is 4.50. The largest absolute Gasteiger partial charge is 0.468 e. The molecule has 0 bridgehead atoms. The van der Waals surface area contributed by atoms with Gasteiger partial charge in [-0.3, -0.25) is 9.10 Å². The van der Waals surface area contributed by atoms with Crippen LogP contribution in [0, 0.1) is 0 Å². The number of ether oxygens (including phenoxy) is 1. The lowest BCUT2D eigenvalue weighted by Gasteiger charge is -2.24. The van der Waals surface area contributed by atoms with E-state index < -0.39 is 22.5 Å². The number of halogens is 2. The Balaban J connectivity index is 2.56. The average Bonchev–Trinajstić information content (AvgIpc) is 2.53. The van der Waals surface area contributed by atoms with E-state index >= 15 is 0 Å². The number of methoxy groups -OCH3 is 1. The number of hydrogen-bond donors (Lipinski definition) is 0. The third kappa shape index (κ3) is 4.04. The lowest BCUT2D eigenvalue weighted by atomic mass is 10.3. The Morgan fingerprint density at radius 1 is 1.22 bits per heavy atom. The van der Waals surface area contributed by atoms with Crippen molar-refractivity contribution in [3.63, 3.8) is 0 Å². The highest BCUT2D eigenvalue weighted by molar-refractivity contribution is 9.10. The van der Waals surface area contributed by atoms with E-state index in [0.717, 1.165) is 4.31 Å². The summed E-state index contributed by atoms with van der Waals surface area (Å²) in [6, 6.07) is 12.5. The van der Waals surface area contributed by atoms with Gasteiger partial charge in [-0.25, -0.2) is 8.42 Å². The Morgan fingerprint density at radius 3 is 2.43 bits per heavy atom. The lowest BCUT2D eigenvalue weighted by molar-refractivity contribution is -0.138. The van der Waals surface area contributed by atoms with Gasteiger partial charge in [0.2, 0.25) is 0 Å². The summed E-state index contributed by atoms with van der Waals surface area (Å²) in [6.07, 6.45) is 0. The minimum Gasteiger partial charge on any atom is -0.468 e. The van der Waals surface area contributed by atoms with Crippen molar-refractivity contribution < 1.29 is 17.9 Å². The van der Waals surface area contributed by atoms with Crippen molar-refractivity contribution in [2.75, 3.05) is 18.0 Å². The lowest BCUT2D eigenvalue weighted by Crippen LogP contribution is -2.36. The van der Waals surface area contributed by atoms with Crippen LogP contribution in [0.4, 0.5) is 5.69 Å². The maximum Gasteiger partial charge on any atom is 0.326 e. The summed E-state index contributed by atoms with van der Waals surface area (Å²) in [4.78, 5) is 11.7. The molecular weight excluding hydrogens is 406 g/mol. The highest BCUT2D eigenvalue weighted by atomic mass is 79.9. The second kappa shape index (κ2) is 7.33. The van der Waals surface area contributed by atoms with Crippen LogP contribution < -0.4 is 4.31 Å². The Bertz CT molecular complexity index is 811. The molecule has 2 rings (SSSR count). The number of anilines is 1. The zero-order valence-electron chi connectivity index (χ0n) is 12.1. The van der Waals surface area contributed by atoms with Gasteiger partial charge >= 0.3 is 5.97 Å². The molecule has 0 spiro atoms. The van der Waals surface area contributed by atoms with Crippen LogP contribution in [0.5, 0.6) is 0 Å². The van der Waals surface area contributed by atoms with Crippen molar-refractivity contribution in [3.05, 3.63) is 58.0 Å². The summed E-state index contributed by atoms with van der Waals surface area (Å²) in [6.45, 7) is -0.477. The summed E-state index contributed by atoms with van der Waals surface area (Å²) < 4.78 is 32.0. The average molecular weight is 419 g/mol. The fraction of sp³-hybridized carbons (Fsp3) is 0.133. The van der Waals surface area contributed by atoms with E-state index in [4.69, 9.17) is 11.6 Å². The second-order valence-corrected chi connectivity index (χ2v) is 7.68. The maximum atomic E-state index is 12.9. The van der Waals surface area contributed by atoms with Gasteiger partial charge in [0.15, 0.2) is 0 Å². The van der Waals surface area contributed by atoms with Crippen LogP contribution in [0.1, 0.15) is 0 Å². The van der Waals surface area contributed by atoms with Crippen LogP contribution >= 0.6 is 27.5 Å². The standard InChI is InChI=1S/C15H13BrClNO4S/c1-22-15(19)10-18(14-8-7-11(16)9-13(14)17)23(20,21)12-5-3-2-4-6-12/h2-9H,10H2,1H3. The Hall–Kier alpha value is -1.57. The normalized spacial score (nSPS) is 11.1. The molecule has 0 atom stereocenters. The summed E-state index contributed by atoms with van der Waals surface area (Å²) in [5.41, 5.74) is 0.198. The molecule has 8 heteroatoms. The number of benzene rings is 2. The number of carbonyl (C=O) groups excluding carboxylic acids is 1. The first kappa shape index (κ1) is 17.8. The first-order chi connectivity index (χ1) is 10.9. The highest BCUT2D eigenvalue weighted by Gasteiger charge is 2.28. The zero-order valence-corrected chi connectivity index (χ0v) is 15.2. The fourth-order valence-electron chi connectivity index (χ4n) is 1.88. The van der Waals surface area contributed by atoms with Gasteiger partial charge in [-0.1, -0.05) is 45.7 Å². The van der Waals surface area contributed by atoms with Crippen molar-refractivity contribution in [2.24, 2.45) is 0 Å². The molecular formula is C15H13BrClNO4S. The topological polar surface area (TPSA) is 63.7 Å². The van der Waals surface area contributed by atoms with Crippen LogP contribution in [-0.4, -0.2) is 28.0 Å². The maximum absolute atomic E-state index is 12.9. The van der Waals surface area contributed by atoms with E-state index in [1.165, 1.54) is 25.3 Å². The number of hydrogen-bond acceptors (Lipinski definition) is 4. The Kier molecular flexibility index (Phi) is 5.67. The minimum absolute atomic E-state index is 0.0582. The molecule has 0 fully saturated rings. The predicted octanol–water partition coefficient (Wildman–Crippen LogP) is 3.47. The molecule has 0 saturated heterocycles. The zero-order chi connectivity index (χ0) is 17.0. The molecule has 0 unspecified atom stereocenters. The van der Waals surface area contributed by atoms with E-state index in [-0.39, 0.29) is 15.6 Å². The third-order valence-corrected chi connectivity index (χ3v) is 5.58. The van der Waals surface area contributed by atoms with E-state index in [1.54, 1.807) is 30.3 Å². The van der Waals surface area contributed by atoms with E-state index in [9.17, 15) is 13.2 Å². The smallest absolute Gasteiger partial charge is 0.326 e. The number of sulfonamides is 1. The van der Waals surface area contributed by atoms with Gasteiger partial charge in [0.25, 0.3) is 10.0 Å². The monoisotopic (exact) mass is 417 g/mol. The number of esters is 1. The first-order valence-electron chi connectivity index (χ1n) is 6.46. The molecule has 0 amide bonds. The van der Waals surface area contributed by atoms with Crippen molar-refractivity contribution in [1.29, 1.82) is 0 Å². The molecule has 0 aliphatic rings. The molecule has 23 heavy (non-hydrogen) atoms. The van der Waals surface area contributed by atoms with Gasteiger partial charge in [0.05, 0.1) is 22.7 Å². The van der Waals surface area contributed by atoms with Gasteiger partial charge < -0.3 is 4.74 Å². The van der Waals surface area contributed by atoms with Crippen molar-refractivity contribution in [3.8, 4) is 0 Å². The van der Waals surface area contributed by atoms with Crippen molar-refractivity contribution >= 4 is 49.2 Å². The molecule has 5 nitrogen and oxygen atoms in total. The first-order valence-corrected chi connectivity index (χ1v) is 9.07. The summed E-state index contributed by atoms with van der Waals surface area (Å²) in [5.74, 6) is -0.691. The summed E-state index contributed by atoms with van der Waals surface area (Å²) in [5, 5.41) is 0.197. The highest BCUT2D eigenvalue weighted by Crippen LogP contribution is 2.32. The van der Waals surface area contributed by atoms with Gasteiger partial charge in [-0.05, 0) is 30.3 Å². The number of nitrogens with zero attached hydrogens (tertiary/aromatic N) is 1. The van der Waals surface area contributed by atoms with E-state index in [0.29, 0.717) is 4.47 Å². The molecule has 122 valence electrons. The Labute approximate surface area is 148 Å². The summed E-state index contributed by atoms with van der Waals surface area (Å²) >= 11 is 9.42. The third-order valence-electron chi connectivity index (χ3n) is 3.01. The molecule has 0 aromatic heterocycles. The van der Waals surface area contributed by atoms with Gasteiger partial charge in [0.1, 0.15) is 6.54 Å².